The molecule has 4 rings (SSSR count). The van der Waals surface area contributed by atoms with Crippen molar-refractivity contribution in [2.24, 2.45) is 0 Å². The Balaban J connectivity index is 1.67. The standard InChI is InChI=1S/C19H19N5O2S/c1-20-18-21-8-6-14(23-18)15-11-27-16(22-15)12-4-3-5-13(10-12)19(26)7-9-24(2)17(19)25/h3-6,8,10-11,26H,7,9H2,1-2H3,(H,20,21,23). The van der Waals surface area contributed by atoms with Crippen LogP contribution in [-0.2, 0) is 10.4 Å². The number of thiazole rings is 1. The second-order valence-electron chi connectivity index (χ2n) is 6.47. The lowest BCUT2D eigenvalue weighted by atomic mass is 9.91. The van der Waals surface area contributed by atoms with E-state index in [9.17, 15) is 9.90 Å². The van der Waals surface area contributed by atoms with E-state index in [1.54, 1.807) is 31.3 Å². The molecule has 1 aromatic carbocycles. The number of nitrogens with one attached hydrogen (secondary N) is 1. The van der Waals surface area contributed by atoms with Crippen molar-refractivity contribution in [3.63, 3.8) is 0 Å². The number of likely N-dealkylation sites (N-methyl/N-ethyl adjacent to an activating group) is 1. The van der Waals surface area contributed by atoms with Crippen LogP contribution in [0.1, 0.15) is 12.0 Å². The molecule has 0 radical (unpaired) electrons. The maximum absolute atomic E-state index is 12.4. The monoisotopic (exact) mass is 381 g/mol. The summed E-state index contributed by atoms with van der Waals surface area (Å²) in [7, 11) is 3.47. The van der Waals surface area contributed by atoms with Gasteiger partial charge in [0.1, 0.15) is 10.7 Å². The Morgan fingerprint density at radius 3 is 2.85 bits per heavy atom. The van der Waals surface area contributed by atoms with E-state index < -0.39 is 5.60 Å². The number of amides is 1. The normalized spacial score (nSPS) is 19.5. The molecule has 2 aromatic heterocycles. The van der Waals surface area contributed by atoms with E-state index in [0.29, 0.717) is 24.5 Å². The van der Waals surface area contributed by atoms with E-state index in [2.05, 4.69) is 20.3 Å². The van der Waals surface area contributed by atoms with Crippen LogP contribution in [0.15, 0.2) is 41.9 Å². The van der Waals surface area contributed by atoms with Crippen LogP contribution in [0.3, 0.4) is 0 Å². The third-order valence-electron chi connectivity index (χ3n) is 4.74. The van der Waals surface area contributed by atoms with Gasteiger partial charge in [0.2, 0.25) is 5.95 Å². The largest absolute Gasteiger partial charge is 0.375 e. The van der Waals surface area contributed by atoms with Gasteiger partial charge in [0.25, 0.3) is 5.91 Å². The summed E-state index contributed by atoms with van der Waals surface area (Å²) in [4.78, 5) is 27.1. The third-order valence-corrected chi connectivity index (χ3v) is 5.63. The number of aromatic nitrogens is 3. The minimum atomic E-state index is -1.46. The Bertz CT molecular complexity index is 1010. The summed E-state index contributed by atoms with van der Waals surface area (Å²) in [6.07, 6.45) is 2.08. The first-order valence-electron chi connectivity index (χ1n) is 8.57. The van der Waals surface area contributed by atoms with Gasteiger partial charge >= 0.3 is 0 Å². The van der Waals surface area contributed by atoms with E-state index in [4.69, 9.17) is 0 Å². The first-order valence-corrected chi connectivity index (χ1v) is 9.45. The van der Waals surface area contributed by atoms with Crippen LogP contribution in [0.5, 0.6) is 0 Å². The molecule has 3 heterocycles. The van der Waals surface area contributed by atoms with Crippen LogP contribution in [0.2, 0.25) is 0 Å². The van der Waals surface area contributed by atoms with Gasteiger partial charge in [-0.2, -0.15) is 0 Å². The Morgan fingerprint density at radius 2 is 2.11 bits per heavy atom. The topological polar surface area (TPSA) is 91.2 Å². The van der Waals surface area contributed by atoms with Gasteiger partial charge in [-0.15, -0.1) is 11.3 Å². The predicted octanol–water partition coefficient (Wildman–Crippen LogP) is 2.36. The summed E-state index contributed by atoms with van der Waals surface area (Å²) in [5.41, 5.74) is 1.50. The zero-order valence-electron chi connectivity index (χ0n) is 15.0. The summed E-state index contributed by atoms with van der Waals surface area (Å²) in [5.74, 6) is 0.273. The summed E-state index contributed by atoms with van der Waals surface area (Å²) < 4.78 is 0. The van der Waals surface area contributed by atoms with Crippen molar-refractivity contribution in [1.82, 2.24) is 19.9 Å². The highest BCUT2D eigenvalue weighted by Gasteiger charge is 2.45. The fourth-order valence-corrected chi connectivity index (χ4v) is 3.99. The maximum atomic E-state index is 12.4. The molecule has 3 aromatic rings. The highest BCUT2D eigenvalue weighted by atomic mass is 32.1. The lowest BCUT2D eigenvalue weighted by Gasteiger charge is -2.21. The summed E-state index contributed by atoms with van der Waals surface area (Å²) >= 11 is 1.49. The molecule has 27 heavy (non-hydrogen) atoms. The molecule has 1 amide bonds. The molecule has 0 aliphatic carbocycles. The summed E-state index contributed by atoms with van der Waals surface area (Å²) in [6.45, 7) is 0.544. The molecule has 7 nitrogen and oxygen atoms in total. The predicted molar refractivity (Wildman–Crippen MR) is 104 cm³/mol. The number of rotatable bonds is 4. The fraction of sp³-hybridized carbons (Fsp3) is 0.263. The molecule has 8 heteroatoms. The van der Waals surface area contributed by atoms with E-state index >= 15 is 0 Å². The van der Waals surface area contributed by atoms with Gasteiger partial charge in [0, 0.05) is 44.2 Å². The molecule has 0 saturated carbocycles. The number of hydrogen-bond acceptors (Lipinski definition) is 7. The minimum absolute atomic E-state index is 0.264. The number of carbonyl (C=O) groups is 1. The molecule has 1 atom stereocenters. The average molecular weight is 381 g/mol. The van der Waals surface area contributed by atoms with Crippen LogP contribution in [-0.4, -0.2) is 51.5 Å². The Morgan fingerprint density at radius 1 is 1.26 bits per heavy atom. The molecule has 1 unspecified atom stereocenters. The van der Waals surface area contributed by atoms with Crippen molar-refractivity contribution in [3.8, 4) is 22.0 Å². The Kier molecular flexibility index (Phi) is 4.37. The fourth-order valence-electron chi connectivity index (χ4n) is 3.18. The number of likely N-dealkylation sites (tertiary alicyclic amines) is 1. The minimum Gasteiger partial charge on any atom is -0.375 e. The summed E-state index contributed by atoms with van der Waals surface area (Å²) in [6, 6.07) is 9.22. The number of nitrogens with zero attached hydrogens (tertiary/aromatic N) is 4. The van der Waals surface area contributed by atoms with Gasteiger partial charge in [-0.3, -0.25) is 4.79 Å². The number of aliphatic hydroxyl groups is 1. The van der Waals surface area contributed by atoms with Crippen molar-refractivity contribution >= 4 is 23.2 Å². The second-order valence-corrected chi connectivity index (χ2v) is 7.33. The average Bonchev–Trinajstić information content (AvgIpc) is 3.30. The van der Waals surface area contributed by atoms with Gasteiger partial charge in [0.05, 0.1) is 5.69 Å². The summed E-state index contributed by atoms with van der Waals surface area (Å²) in [5, 5.41) is 16.5. The number of hydrogen-bond donors (Lipinski definition) is 2. The second kappa shape index (κ2) is 6.71. The van der Waals surface area contributed by atoms with Crippen molar-refractivity contribution in [2.45, 2.75) is 12.0 Å². The molecule has 1 aliphatic rings. The van der Waals surface area contributed by atoms with E-state index in [0.717, 1.165) is 22.0 Å². The Labute approximate surface area is 160 Å². The molecule has 0 bridgehead atoms. The number of benzene rings is 1. The van der Waals surface area contributed by atoms with Crippen LogP contribution in [0.4, 0.5) is 5.95 Å². The van der Waals surface area contributed by atoms with Gasteiger partial charge < -0.3 is 15.3 Å². The zero-order valence-corrected chi connectivity index (χ0v) is 15.8. The van der Waals surface area contributed by atoms with E-state index in [1.165, 1.54) is 11.3 Å². The SMILES string of the molecule is CNc1nccc(-c2csc(-c3cccc(C4(O)CCN(C)C4=O)c3)n2)n1. The van der Waals surface area contributed by atoms with Gasteiger partial charge in [-0.25, -0.2) is 15.0 Å². The highest BCUT2D eigenvalue weighted by molar-refractivity contribution is 7.13. The van der Waals surface area contributed by atoms with E-state index in [1.807, 2.05) is 29.6 Å². The number of carbonyl (C=O) groups excluding carboxylic acids is 1. The highest BCUT2D eigenvalue weighted by Crippen LogP contribution is 2.35. The maximum Gasteiger partial charge on any atom is 0.258 e. The van der Waals surface area contributed by atoms with Gasteiger partial charge in [0.15, 0.2) is 5.60 Å². The first kappa shape index (κ1) is 17.6. The molecule has 1 aliphatic heterocycles. The van der Waals surface area contributed by atoms with Crippen LogP contribution < -0.4 is 5.32 Å². The lowest BCUT2D eigenvalue weighted by molar-refractivity contribution is -0.143. The molecule has 2 N–H and O–H groups in total. The molecule has 0 spiro atoms. The quantitative estimate of drug-likeness (QED) is 0.721. The van der Waals surface area contributed by atoms with Gasteiger partial charge in [-0.1, -0.05) is 18.2 Å². The Hall–Kier alpha value is -2.84. The zero-order chi connectivity index (χ0) is 19.0. The van der Waals surface area contributed by atoms with Crippen molar-refractivity contribution < 1.29 is 9.90 Å². The van der Waals surface area contributed by atoms with Crippen molar-refractivity contribution in [2.75, 3.05) is 26.0 Å². The molecular weight excluding hydrogens is 362 g/mol. The van der Waals surface area contributed by atoms with Crippen molar-refractivity contribution in [1.29, 1.82) is 0 Å². The first-order chi connectivity index (χ1) is 13.0. The van der Waals surface area contributed by atoms with Crippen LogP contribution in [0.25, 0.3) is 22.0 Å². The lowest BCUT2D eigenvalue weighted by Crippen LogP contribution is -2.36. The van der Waals surface area contributed by atoms with E-state index in [-0.39, 0.29) is 5.91 Å². The molecule has 138 valence electrons. The van der Waals surface area contributed by atoms with Gasteiger partial charge in [-0.05, 0) is 17.7 Å². The molecular formula is C19H19N5O2S. The third kappa shape index (κ3) is 3.07. The smallest absolute Gasteiger partial charge is 0.258 e. The molecule has 1 fully saturated rings. The van der Waals surface area contributed by atoms with Crippen LogP contribution in [0, 0.1) is 0 Å². The van der Waals surface area contributed by atoms with Crippen LogP contribution >= 0.6 is 11.3 Å². The molecule has 1 saturated heterocycles. The van der Waals surface area contributed by atoms with Crippen molar-refractivity contribution in [3.05, 3.63) is 47.5 Å². The number of anilines is 1.